The second-order valence-electron chi connectivity index (χ2n) is 4.18. The predicted molar refractivity (Wildman–Crippen MR) is 74.1 cm³/mol. The van der Waals surface area contributed by atoms with Gasteiger partial charge in [0.15, 0.2) is 5.29 Å². The lowest BCUT2D eigenvalue weighted by molar-refractivity contribution is -0.173. The van der Waals surface area contributed by atoms with Crippen molar-refractivity contribution in [2.24, 2.45) is 5.92 Å². The molecule has 0 amide bonds. The molecule has 0 spiro atoms. The van der Waals surface area contributed by atoms with E-state index >= 15 is 0 Å². The molecule has 0 aliphatic rings. The highest BCUT2D eigenvalue weighted by Crippen LogP contribution is 2.22. The molecule has 0 aliphatic heterocycles. The van der Waals surface area contributed by atoms with E-state index in [-0.39, 0.29) is 5.37 Å². The molecule has 0 fully saturated rings. The maximum absolute atomic E-state index is 11.8. The summed E-state index contributed by atoms with van der Waals surface area (Å²) in [5, 5.41) is 0.730. The molecule has 0 rings (SSSR count). The van der Waals surface area contributed by atoms with Crippen molar-refractivity contribution in [3.05, 3.63) is 0 Å². The maximum Gasteiger partial charge on any atom is 0.222 e. The summed E-state index contributed by atoms with van der Waals surface area (Å²) in [6.45, 7) is 12.4. The van der Waals surface area contributed by atoms with E-state index in [1.807, 2.05) is 20.8 Å². The Labute approximate surface area is 106 Å². The van der Waals surface area contributed by atoms with Gasteiger partial charge in [-0.05, 0) is 19.0 Å². The number of rotatable bonds is 7. The van der Waals surface area contributed by atoms with Gasteiger partial charge in [0.25, 0.3) is 0 Å². The Kier molecular flexibility index (Phi) is 8.70. The normalized spacial score (nSPS) is 15.6. The van der Waals surface area contributed by atoms with Crippen LogP contribution in [0, 0.1) is 5.92 Å². The fraction of sp³-hybridized carbons (Fsp3) is 0.909. The van der Waals surface area contributed by atoms with Crippen LogP contribution >= 0.6 is 20.6 Å². The number of hydrogen-bond donors (Lipinski definition) is 1. The molecule has 2 atom stereocenters. The Balaban J connectivity index is 4.47. The van der Waals surface area contributed by atoms with E-state index in [1.165, 1.54) is 0 Å². The minimum atomic E-state index is -1.71. The van der Waals surface area contributed by atoms with Crippen LogP contribution in [0.4, 0.5) is 0 Å². The highest BCUT2D eigenvalue weighted by molar-refractivity contribution is 7.82. The maximum atomic E-state index is 11.8. The third kappa shape index (κ3) is 5.65. The fourth-order valence-electron chi connectivity index (χ4n) is 1.25. The van der Waals surface area contributed by atoms with E-state index in [2.05, 4.69) is 31.4 Å². The minimum Gasteiger partial charge on any atom is -0.603 e. The number of thiol groups is 1. The topological polar surface area (TPSA) is 35.5 Å². The summed E-state index contributed by atoms with van der Waals surface area (Å²) < 4.78 is 5.32. The van der Waals surface area contributed by atoms with Crippen LogP contribution in [0.1, 0.15) is 34.6 Å². The first kappa shape index (κ1) is 16.4. The van der Waals surface area contributed by atoms with Crippen LogP contribution in [0.2, 0.25) is 0 Å². The molecular weight excluding hydrogens is 241 g/mol. The first-order chi connectivity index (χ1) is 7.43. The average Bonchev–Trinajstić information content (AvgIpc) is 2.26. The second-order valence-corrected chi connectivity index (χ2v) is 6.15. The largest absolute Gasteiger partial charge is 0.603 e. The molecule has 96 valence electrons. The Bertz CT molecular complexity index is 230. The molecule has 0 heterocycles. The fourth-order valence-corrected chi connectivity index (χ4v) is 2.85. The SMILES string of the molecule is CCN(CC)C(S)/C(C)=[P+](\[O-])OCC(C)C. The first-order valence-corrected chi connectivity index (χ1v) is 7.49. The van der Waals surface area contributed by atoms with Gasteiger partial charge in [-0.25, -0.2) is 0 Å². The summed E-state index contributed by atoms with van der Waals surface area (Å²) >= 11 is 4.49. The lowest BCUT2D eigenvalue weighted by Crippen LogP contribution is -2.36. The highest BCUT2D eigenvalue weighted by Gasteiger charge is 2.21. The van der Waals surface area contributed by atoms with Gasteiger partial charge in [0.2, 0.25) is 8.00 Å². The summed E-state index contributed by atoms with van der Waals surface area (Å²) in [5.74, 6) is 0.401. The summed E-state index contributed by atoms with van der Waals surface area (Å²) in [4.78, 5) is 14.0. The standard InChI is InChI=1S/C11H24NO2PS/c1-6-12(7-2)11(16)10(5)15(13)14-8-9(3)4/h9,11,16H,6-8H2,1-5H3. The Morgan fingerprint density at radius 1 is 1.38 bits per heavy atom. The predicted octanol–water partition coefficient (Wildman–Crippen LogP) is 2.12. The summed E-state index contributed by atoms with van der Waals surface area (Å²) in [6.07, 6.45) is 0. The molecule has 5 heteroatoms. The smallest absolute Gasteiger partial charge is 0.222 e. The zero-order valence-corrected chi connectivity index (χ0v) is 12.7. The summed E-state index contributed by atoms with van der Waals surface area (Å²) in [6, 6.07) is 0. The van der Waals surface area contributed by atoms with Crippen molar-refractivity contribution in [1.29, 1.82) is 0 Å². The van der Waals surface area contributed by atoms with Gasteiger partial charge in [-0.3, -0.25) is 4.90 Å². The van der Waals surface area contributed by atoms with Gasteiger partial charge >= 0.3 is 0 Å². The van der Waals surface area contributed by atoms with E-state index in [9.17, 15) is 4.89 Å². The molecule has 0 saturated carbocycles. The third-order valence-corrected chi connectivity index (χ3v) is 4.47. The van der Waals surface area contributed by atoms with Crippen LogP contribution in [-0.4, -0.2) is 35.3 Å². The lowest BCUT2D eigenvalue weighted by atomic mass is 10.2. The Morgan fingerprint density at radius 3 is 2.25 bits per heavy atom. The zero-order chi connectivity index (χ0) is 12.7. The molecule has 16 heavy (non-hydrogen) atoms. The van der Waals surface area contributed by atoms with E-state index in [4.69, 9.17) is 4.52 Å². The van der Waals surface area contributed by atoms with Crippen LogP contribution in [0.15, 0.2) is 0 Å². The van der Waals surface area contributed by atoms with Crippen LogP contribution in [0.25, 0.3) is 0 Å². The van der Waals surface area contributed by atoms with Crippen molar-refractivity contribution < 1.29 is 9.42 Å². The first-order valence-electron chi connectivity index (χ1n) is 5.79. The van der Waals surface area contributed by atoms with E-state index in [1.54, 1.807) is 0 Å². The van der Waals surface area contributed by atoms with Crippen LogP contribution in [-0.2, 0) is 4.52 Å². The van der Waals surface area contributed by atoms with Gasteiger partial charge < -0.3 is 4.89 Å². The van der Waals surface area contributed by atoms with Gasteiger partial charge in [0.1, 0.15) is 12.0 Å². The lowest BCUT2D eigenvalue weighted by Gasteiger charge is -2.24. The summed E-state index contributed by atoms with van der Waals surface area (Å²) in [5.41, 5.74) is 0. The molecule has 0 aliphatic carbocycles. The molecule has 0 saturated heterocycles. The van der Waals surface area contributed by atoms with Gasteiger partial charge in [0.05, 0.1) is 0 Å². The molecule has 0 bridgehead atoms. The third-order valence-electron chi connectivity index (χ3n) is 2.35. The van der Waals surface area contributed by atoms with Crippen LogP contribution < -0.4 is 4.89 Å². The molecule has 0 aromatic heterocycles. The average molecular weight is 265 g/mol. The second kappa shape index (κ2) is 8.48. The van der Waals surface area contributed by atoms with Gasteiger partial charge in [-0.2, -0.15) is 17.2 Å². The molecule has 0 aromatic carbocycles. The molecule has 0 N–H and O–H groups in total. The Hall–Kier alpha value is 0.400. The molecular formula is C11H24NO2PS. The molecule has 3 nitrogen and oxygen atoms in total. The van der Waals surface area contributed by atoms with Crippen molar-refractivity contribution in [2.75, 3.05) is 19.7 Å². The van der Waals surface area contributed by atoms with Crippen LogP contribution in [0.5, 0.6) is 0 Å². The van der Waals surface area contributed by atoms with Crippen molar-refractivity contribution in [1.82, 2.24) is 4.90 Å². The molecule has 0 aromatic rings. The highest BCUT2D eigenvalue weighted by atomic mass is 32.1. The van der Waals surface area contributed by atoms with E-state index in [0.717, 1.165) is 18.4 Å². The van der Waals surface area contributed by atoms with Gasteiger partial charge in [-0.1, -0.05) is 27.7 Å². The quantitative estimate of drug-likeness (QED) is 0.435. The monoisotopic (exact) mass is 265 g/mol. The molecule has 2 unspecified atom stereocenters. The van der Waals surface area contributed by atoms with Crippen LogP contribution in [0.3, 0.4) is 0 Å². The summed E-state index contributed by atoms with van der Waals surface area (Å²) in [7, 11) is -1.71. The van der Waals surface area contributed by atoms with Crippen molar-refractivity contribution in [3.63, 3.8) is 0 Å². The zero-order valence-electron chi connectivity index (χ0n) is 10.9. The van der Waals surface area contributed by atoms with Crippen molar-refractivity contribution in [2.45, 2.75) is 40.0 Å². The number of nitrogens with zero attached hydrogens (tertiary/aromatic N) is 1. The molecule has 0 radical (unpaired) electrons. The van der Waals surface area contributed by atoms with Gasteiger partial charge in [-0.15, -0.1) is 0 Å². The van der Waals surface area contributed by atoms with Crippen molar-refractivity contribution >= 4 is 25.9 Å². The minimum absolute atomic E-state index is 0.0780. The van der Waals surface area contributed by atoms with Crippen molar-refractivity contribution in [3.8, 4) is 0 Å². The van der Waals surface area contributed by atoms with E-state index in [0.29, 0.717) is 12.5 Å². The van der Waals surface area contributed by atoms with Gasteiger partial charge in [0, 0.05) is 6.92 Å². The number of hydrogen-bond acceptors (Lipinski definition) is 4. The Morgan fingerprint density at radius 2 is 1.88 bits per heavy atom. The van der Waals surface area contributed by atoms with E-state index < -0.39 is 8.00 Å².